The number of urea groups is 1. The summed E-state index contributed by atoms with van der Waals surface area (Å²) < 4.78 is 4.97. The third-order valence-corrected chi connectivity index (χ3v) is 2.58. The summed E-state index contributed by atoms with van der Waals surface area (Å²) in [6, 6.07) is -0.0190. The Balaban J connectivity index is 2.71. The van der Waals surface area contributed by atoms with Crippen molar-refractivity contribution in [1.82, 2.24) is 15.3 Å². The molecule has 0 saturated heterocycles. The summed E-state index contributed by atoms with van der Waals surface area (Å²) in [4.78, 5) is 30.9. The van der Waals surface area contributed by atoms with E-state index in [1.807, 2.05) is 13.8 Å². The monoisotopic (exact) mass is 296 g/mol. The summed E-state index contributed by atoms with van der Waals surface area (Å²) >= 11 is 0. The molecule has 0 aliphatic carbocycles. The lowest BCUT2D eigenvalue weighted by atomic mass is 10.0. The molecule has 0 aromatic carbocycles. The van der Waals surface area contributed by atoms with E-state index in [9.17, 15) is 9.59 Å². The second-order valence-electron chi connectivity index (χ2n) is 4.99. The number of anilines is 1. The highest BCUT2D eigenvalue weighted by molar-refractivity contribution is 5.90. The van der Waals surface area contributed by atoms with Crippen LogP contribution in [0.5, 0.6) is 5.88 Å². The zero-order chi connectivity index (χ0) is 16.0. The van der Waals surface area contributed by atoms with E-state index in [1.165, 1.54) is 7.11 Å². The predicted molar refractivity (Wildman–Crippen MR) is 76.4 cm³/mol. The van der Waals surface area contributed by atoms with Crippen LogP contribution in [-0.2, 0) is 4.79 Å². The molecule has 0 saturated carbocycles. The van der Waals surface area contributed by atoms with Crippen molar-refractivity contribution in [3.63, 3.8) is 0 Å². The molecule has 0 radical (unpaired) electrons. The van der Waals surface area contributed by atoms with E-state index in [1.54, 1.807) is 13.0 Å². The van der Waals surface area contributed by atoms with Gasteiger partial charge < -0.3 is 15.2 Å². The number of carboxylic acid groups (broad SMARTS) is 1. The molecule has 0 fully saturated rings. The summed E-state index contributed by atoms with van der Waals surface area (Å²) in [6.07, 6.45) is 0.334. The van der Waals surface area contributed by atoms with Gasteiger partial charge in [-0.1, -0.05) is 13.8 Å². The first-order chi connectivity index (χ1) is 9.81. The third kappa shape index (κ3) is 5.64. The maximum atomic E-state index is 11.8. The normalized spacial score (nSPS) is 11.9. The van der Waals surface area contributed by atoms with Crippen molar-refractivity contribution in [3.8, 4) is 5.88 Å². The molecule has 1 aromatic rings. The third-order valence-electron chi connectivity index (χ3n) is 2.58. The number of carboxylic acids is 1. The Kier molecular flexibility index (Phi) is 5.89. The Bertz CT molecular complexity index is 519. The maximum Gasteiger partial charge on any atom is 0.326 e. The number of hydrogen-bond donors (Lipinski definition) is 3. The van der Waals surface area contributed by atoms with Gasteiger partial charge in [-0.25, -0.2) is 14.6 Å². The van der Waals surface area contributed by atoms with E-state index in [2.05, 4.69) is 20.6 Å². The van der Waals surface area contributed by atoms with Gasteiger partial charge in [0.2, 0.25) is 11.8 Å². The minimum Gasteiger partial charge on any atom is -0.481 e. The van der Waals surface area contributed by atoms with Crippen LogP contribution in [0.15, 0.2) is 6.07 Å². The standard InChI is InChI=1S/C13H20N4O4/c1-7(2)5-9(11(18)19)15-13(20)17-12-14-8(3)6-10(16-12)21-4/h6-7,9H,5H2,1-4H3,(H,18,19)(H2,14,15,16,17,20)/t9-/m1/s1. The number of rotatable bonds is 6. The second kappa shape index (κ2) is 7.41. The predicted octanol–water partition coefficient (Wildman–Crippen LogP) is 1.41. The van der Waals surface area contributed by atoms with E-state index < -0.39 is 18.0 Å². The van der Waals surface area contributed by atoms with Gasteiger partial charge in [-0.05, 0) is 19.3 Å². The number of aliphatic carboxylic acids is 1. The van der Waals surface area contributed by atoms with E-state index in [0.29, 0.717) is 18.0 Å². The maximum absolute atomic E-state index is 11.8. The smallest absolute Gasteiger partial charge is 0.326 e. The Morgan fingerprint density at radius 2 is 2.05 bits per heavy atom. The van der Waals surface area contributed by atoms with Crippen molar-refractivity contribution in [1.29, 1.82) is 0 Å². The minimum absolute atomic E-state index is 0.0537. The lowest BCUT2D eigenvalue weighted by molar-refractivity contribution is -0.139. The van der Waals surface area contributed by atoms with E-state index in [4.69, 9.17) is 9.84 Å². The number of nitrogens with one attached hydrogen (secondary N) is 2. The Morgan fingerprint density at radius 1 is 1.38 bits per heavy atom. The van der Waals surface area contributed by atoms with Crippen molar-refractivity contribution in [2.24, 2.45) is 5.92 Å². The zero-order valence-corrected chi connectivity index (χ0v) is 12.5. The van der Waals surface area contributed by atoms with Gasteiger partial charge in [0.05, 0.1) is 7.11 Å². The lowest BCUT2D eigenvalue weighted by Crippen LogP contribution is -2.44. The number of nitrogens with zero attached hydrogens (tertiary/aromatic N) is 2. The Labute approximate surface area is 122 Å². The quantitative estimate of drug-likeness (QED) is 0.731. The first-order valence-corrected chi connectivity index (χ1v) is 6.51. The minimum atomic E-state index is -1.08. The average Bonchev–Trinajstić information content (AvgIpc) is 2.36. The van der Waals surface area contributed by atoms with Crippen molar-refractivity contribution in [2.75, 3.05) is 12.4 Å². The summed E-state index contributed by atoms with van der Waals surface area (Å²) in [6.45, 7) is 5.49. The molecule has 0 bridgehead atoms. The van der Waals surface area contributed by atoms with Gasteiger partial charge in [0.25, 0.3) is 0 Å². The molecule has 0 aliphatic heterocycles. The second-order valence-corrected chi connectivity index (χ2v) is 4.99. The van der Waals surface area contributed by atoms with Crippen LogP contribution < -0.4 is 15.4 Å². The van der Waals surface area contributed by atoms with Crippen LogP contribution in [-0.4, -0.2) is 40.2 Å². The fourth-order valence-electron chi connectivity index (χ4n) is 1.69. The van der Waals surface area contributed by atoms with Gasteiger partial charge in [0.1, 0.15) is 6.04 Å². The van der Waals surface area contributed by atoms with Crippen molar-refractivity contribution in [2.45, 2.75) is 33.2 Å². The summed E-state index contributed by atoms with van der Waals surface area (Å²) in [7, 11) is 1.45. The molecule has 1 aromatic heterocycles. The Hall–Kier alpha value is -2.38. The molecule has 21 heavy (non-hydrogen) atoms. The van der Waals surface area contributed by atoms with E-state index >= 15 is 0 Å². The number of ether oxygens (including phenoxy) is 1. The number of hydrogen-bond acceptors (Lipinski definition) is 5. The molecule has 0 spiro atoms. The SMILES string of the molecule is COc1cc(C)nc(NC(=O)N[C@H](CC(C)C)C(=O)O)n1. The molecule has 3 N–H and O–H groups in total. The largest absolute Gasteiger partial charge is 0.481 e. The van der Waals surface area contributed by atoms with Gasteiger partial charge in [0, 0.05) is 11.8 Å². The fourth-order valence-corrected chi connectivity index (χ4v) is 1.69. The summed E-state index contributed by atoms with van der Waals surface area (Å²) in [5.41, 5.74) is 0.620. The molecule has 1 atom stereocenters. The first kappa shape index (κ1) is 16.7. The van der Waals surface area contributed by atoms with E-state index in [0.717, 1.165) is 0 Å². The van der Waals surface area contributed by atoms with Crippen LogP contribution in [0.1, 0.15) is 26.0 Å². The van der Waals surface area contributed by atoms with Gasteiger partial charge in [-0.15, -0.1) is 0 Å². The number of carbonyl (C=O) groups excluding carboxylic acids is 1. The van der Waals surface area contributed by atoms with Crippen molar-refractivity contribution < 1.29 is 19.4 Å². The number of methoxy groups -OCH3 is 1. The van der Waals surface area contributed by atoms with Crippen LogP contribution in [0.3, 0.4) is 0 Å². The highest BCUT2D eigenvalue weighted by Crippen LogP contribution is 2.11. The van der Waals surface area contributed by atoms with Gasteiger partial charge in [-0.2, -0.15) is 4.98 Å². The molecule has 8 nitrogen and oxygen atoms in total. The van der Waals surface area contributed by atoms with Crippen molar-refractivity contribution >= 4 is 17.9 Å². The molecule has 1 rings (SSSR count). The molecule has 2 amide bonds. The number of aromatic nitrogens is 2. The Morgan fingerprint density at radius 3 is 2.57 bits per heavy atom. The lowest BCUT2D eigenvalue weighted by Gasteiger charge is -2.16. The van der Waals surface area contributed by atoms with E-state index in [-0.39, 0.29) is 11.9 Å². The molecule has 116 valence electrons. The number of carbonyl (C=O) groups is 2. The number of aryl methyl sites for hydroxylation is 1. The molecule has 0 aliphatic rings. The van der Waals surface area contributed by atoms with Crippen LogP contribution in [0.25, 0.3) is 0 Å². The molecule has 8 heteroatoms. The zero-order valence-electron chi connectivity index (χ0n) is 12.5. The van der Waals surface area contributed by atoms with Crippen LogP contribution in [0.2, 0.25) is 0 Å². The highest BCUT2D eigenvalue weighted by Gasteiger charge is 2.21. The van der Waals surface area contributed by atoms with Gasteiger partial charge in [0.15, 0.2) is 0 Å². The highest BCUT2D eigenvalue weighted by atomic mass is 16.5. The van der Waals surface area contributed by atoms with Gasteiger partial charge >= 0.3 is 12.0 Å². The van der Waals surface area contributed by atoms with Crippen LogP contribution in [0.4, 0.5) is 10.7 Å². The molecule has 1 heterocycles. The first-order valence-electron chi connectivity index (χ1n) is 6.51. The average molecular weight is 296 g/mol. The number of amides is 2. The fraction of sp³-hybridized carbons (Fsp3) is 0.538. The summed E-state index contributed by atoms with van der Waals surface area (Å²) in [5.74, 6) is -0.573. The molecular formula is C13H20N4O4. The van der Waals surface area contributed by atoms with Gasteiger partial charge in [-0.3, -0.25) is 5.32 Å². The van der Waals surface area contributed by atoms with Crippen LogP contribution >= 0.6 is 0 Å². The summed E-state index contributed by atoms with van der Waals surface area (Å²) in [5, 5.41) is 13.9. The molecular weight excluding hydrogens is 276 g/mol. The van der Waals surface area contributed by atoms with Crippen molar-refractivity contribution in [3.05, 3.63) is 11.8 Å². The van der Waals surface area contributed by atoms with Crippen LogP contribution in [0, 0.1) is 12.8 Å². The molecule has 0 unspecified atom stereocenters. The topological polar surface area (TPSA) is 113 Å².